The number of nitrogens with two attached hydrogens (primary N) is 1. The normalized spacial score (nSPS) is 12.2. The van der Waals surface area contributed by atoms with Gasteiger partial charge in [-0.05, 0) is 24.3 Å². The third kappa shape index (κ3) is 1.49. The van der Waals surface area contributed by atoms with Crippen molar-refractivity contribution in [3.05, 3.63) is 48.5 Å². The number of fused-ring (bicyclic) bond motifs is 2. The predicted molar refractivity (Wildman–Crippen MR) is 67.8 cm³/mol. The van der Waals surface area contributed by atoms with Gasteiger partial charge in [0.2, 0.25) is 0 Å². The van der Waals surface area contributed by atoms with Crippen LogP contribution in [0.2, 0.25) is 0 Å². The summed E-state index contributed by atoms with van der Waals surface area (Å²) in [5.41, 5.74) is 3.48. The van der Waals surface area contributed by atoms with Crippen LogP contribution in [0.15, 0.2) is 48.5 Å². The molecule has 2 amide bonds. The van der Waals surface area contributed by atoms with Crippen LogP contribution in [0.25, 0.3) is 0 Å². The van der Waals surface area contributed by atoms with Crippen molar-refractivity contribution in [1.82, 2.24) is 5.43 Å². The minimum Gasteiger partial charge on any atom is -0.453 e. The number of urea groups is 1. The lowest BCUT2D eigenvalue weighted by atomic mass is 10.2. The summed E-state index contributed by atoms with van der Waals surface area (Å²) in [7, 11) is 0. The second kappa shape index (κ2) is 4.05. The average molecular weight is 241 g/mol. The molecule has 0 spiro atoms. The lowest BCUT2D eigenvalue weighted by Crippen LogP contribution is -2.41. The van der Waals surface area contributed by atoms with Crippen LogP contribution < -0.4 is 20.9 Å². The monoisotopic (exact) mass is 241 g/mol. The molecule has 0 unspecified atom stereocenters. The van der Waals surface area contributed by atoms with E-state index in [1.165, 1.54) is 4.90 Å². The molecule has 1 aliphatic rings. The van der Waals surface area contributed by atoms with Gasteiger partial charge in [-0.25, -0.2) is 10.6 Å². The van der Waals surface area contributed by atoms with Crippen molar-refractivity contribution in [3.8, 4) is 11.5 Å². The summed E-state index contributed by atoms with van der Waals surface area (Å²) in [6, 6.07) is 14.2. The number of nitrogens with zero attached hydrogens (tertiary/aromatic N) is 1. The van der Waals surface area contributed by atoms with Gasteiger partial charge in [-0.15, -0.1) is 0 Å². The van der Waals surface area contributed by atoms with E-state index in [9.17, 15) is 4.79 Å². The molecule has 1 aliphatic heterocycles. The van der Waals surface area contributed by atoms with E-state index in [2.05, 4.69) is 5.43 Å². The van der Waals surface area contributed by atoms with E-state index in [0.717, 1.165) is 0 Å². The summed E-state index contributed by atoms with van der Waals surface area (Å²) in [5.74, 6) is 6.48. The highest BCUT2D eigenvalue weighted by molar-refractivity contribution is 6.03. The van der Waals surface area contributed by atoms with E-state index in [1.807, 2.05) is 36.4 Å². The molecule has 90 valence electrons. The number of benzene rings is 2. The fourth-order valence-corrected chi connectivity index (χ4v) is 1.99. The number of rotatable bonds is 0. The maximum absolute atomic E-state index is 11.9. The summed E-state index contributed by atoms with van der Waals surface area (Å²) in [6.45, 7) is 0. The van der Waals surface area contributed by atoms with Gasteiger partial charge in [0.1, 0.15) is 0 Å². The first-order valence-electron chi connectivity index (χ1n) is 5.48. The van der Waals surface area contributed by atoms with E-state index in [4.69, 9.17) is 10.6 Å². The number of amides is 2. The average Bonchev–Trinajstić information content (AvgIpc) is 2.44. The molecule has 3 rings (SSSR count). The van der Waals surface area contributed by atoms with E-state index >= 15 is 0 Å². The number of carbonyl (C=O) groups is 1. The first kappa shape index (κ1) is 10.6. The Morgan fingerprint density at radius 3 is 2.00 bits per heavy atom. The van der Waals surface area contributed by atoms with Gasteiger partial charge in [0.25, 0.3) is 0 Å². The van der Waals surface area contributed by atoms with Gasteiger partial charge in [-0.1, -0.05) is 24.3 Å². The Bertz CT molecular complexity index is 567. The molecule has 0 bridgehead atoms. The third-order valence-corrected chi connectivity index (χ3v) is 2.76. The maximum Gasteiger partial charge on any atom is 0.340 e. The summed E-state index contributed by atoms with van der Waals surface area (Å²) >= 11 is 0. The lowest BCUT2D eigenvalue weighted by molar-refractivity contribution is 0.248. The first-order chi connectivity index (χ1) is 8.81. The number of hydrazine groups is 1. The number of hydrogen-bond donors (Lipinski definition) is 2. The molecular weight excluding hydrogens is 230 g/mol. The van der Waals surface area contributed by atoms with Crippen LogP contribution in [0.4, 0.5) is 16.2 Å². The van der Waals surface area contributed by atoms with Gasteiger partial charge in [0.15, 0.2) is 11.5 Å². The van der Waals surface area contributed by atoms with Crippen molar-refractivity contribution in [3.63, 3.8) is 0 Å². The number of nitrogens with one attached hydrogen (secondary N) is 1. The molecule has 5 nitrogen and oxygen atoms in total. The summed E-state index contributed by atoms with van der Waals surface area (Å²) in [4.78, 5) is 13.4. The molecule has 5 heteroatoms. The fourth-order valence-electron chi connectivity index (χ4n) is 1.99. The van der Waals surface area contributed by atoms with Crippen molar-refractivity contribution in [2.45, 2.75) is 0 Å². The Balaban J connectivity index is 2.20. The largest absolute Gasteiger partial charge is 0.453 e. The van der Waals surface area contributed by atoms with Crippen molar-refractivity contribution in [1.29, 1.82) is 0 Å². The highest BCUT2D eigenvalue weighted by atomic mass is 16.5. The van der Waals surface area contributed by atoms with Gasteiger partial charge in [0, 0.05) is 0 Å². The summed E-state index contributed by atoms with van der Waals surface area (Å²) in [6.07, 6.45) is 0. The van der Waals surface area contributed by atoms with Crippen molar-refractivity contribution in [2.24, 2.45) is 5.84 Å². The Morgan fingerprint density at radius 2 is 1.50 bits per heavy atom. The molecule has 0 aromatic heterocycles. The van der Waals surface area contributed by atoms with Crippen LogP contribution in [0.5, 0.6) is 11.5 Å². The zero-order valence-electron chi connectivity index (χ0n) is 9.46. The standard InChI is InChI=1S/C13H11N3O2/c14-15-13(17)16-9-5-1-3-7-11(9)18-12-8-4-2-6-10(12)16/h1-8H,14H2,(H,15,17). The highest BCUT2D eigenvalue weighted by Gasteiger charge is 2.28. The van der Waals surface area contributed by atoms with E-state index in [0.29, 0.717) is 22.9 Å². The van der Waals surface area contributed by atoms with Crippen LogP contribution in [-0.4, -0.2) is 6.03 Å². The topological polar surface area (TPSA) is 67.6 Å². The van der Waals surface area contributed by atoms with Crippen LogP contribution >= 0.6 is 0 Å². The van der Waals surface area contributed by atoms with Gasteiger partial charge in [-0.2, -0.15) is 0 Å². The predicted octanol–water partition coefficient (Wildman–Crippen LogP) is 2.51. The number of hydrogen-bond acceptors (Lipinski definition) is 3. The van der Waals surface area contributed by atoms with Crippen molar-refractivity contribution in [2.75, 3.05) is 4.90 Å². The van der Waals surface area contributed by atoms with Gasteiger partial charge in [-0.3, -0.25) is 10.3 Å². The molecule has 2 aromatic carbocycles. The van der Waals surface area contributed by atoms with E-state index in [1.54, 1.807) is 12.1 Å². The molecule has 1 heterocycles. The molecule has 2 aromatic rings. The minimum absolute atomic E-state index is 0.404. The minimum atomic E-state index is -0.404. The molecule has 0 fully saturated rings. The summed E-state index contributed by atoms with van der Waals surface area (Å²) in [5, 5.41) is 0. The Kier molecular flexibility index (Phi) is 2.39. The van der Waals surface area contributed by atoms with Crippen molar-refractivity contribution < 1.29 is 9.53 Å². The molecule has 0 saturated carbocycles. The van der Waals surface area contributed by atoms with Crippen molar-refractivity contribution >= 4 is 17.4 Å². The number of carbonyl (C=O) groups excluding carboxylic acids is 1. The maximum atomic E-state index is 11.9. The van der Waals surface area contributed by atoms with Gasteiger partial charge in [0.05, 0.1) is 11.4 Å². The third-order valence-electron chi connectivity index (χ3n) is 2.76. The second-order valence-electron chi connectivity index (χ2n) is 3.82. The fraction of sp³-hybridized carbons (Fsp3) is 0. The highest BCUT2D eigenvalue weighted by Crippen LogP contribution is 2.45. The molecule has 0 atom stereocenters. The molecule has 0 radical (unpaired) electrons. The Labute approximate surface area is 104 Å². The molecule has 18 heavy (non-hydrogen) atoms. The molecular formula is C13H11N3O2. The Hall–Kier alpha value is -2.53. The van der Waals surface area contributed by atoms with E-state index < -0.39 is 6.03 Å². The lowest BCUT2D eigenvalue weighted by Gasteiger charge is -2.30. The number of para-hydroxylation sites is 4. The van der Waals surface area contributed by atoms with E-state index in [-0.39, 0.29) is 0 Å². The summed E-state index contributed by atoms with van der Waals surface area (Å²) < 4.78 is 5.74. The molecule has 0 saturated heterocycles. The van der Waals surface area contributed by atoms with Crippen LogP contribution in [0, 0.1) is 0 Å². The quantitative estimate of drug-likeness (QED) is 0.423. The SMILES string of the molecule is NNC(=O)N1c2ccccc2Oc2ccccc21. The zero-order chi connectivity index (χ0) is 12.5. The Morgan fingerprint density at radius 1 is 1.00 bits per heavy atom. The second-order valence-corrected chi connectivity index (χ2v) is 3.82. The number of anilines is 2. The number of ether oxygens (including phenoxy) is 1. The van der Waals surface area contributed by atoms with Gasteiger partial charge < -0.3 is 4.74 Å². The first-order valence-corrected chi connectivity index (χ1v) is 5.48. The van der Waals surface area contributed by atoms with Crippen LogP contribution in [-0.2, 0) is 0 Å². The molecule has 3 N–H and O–H groups in total. The smallest absolute Gasteiger partial charge is 0.340 e. The molecule has 0 aliphatic carbocycles. The van der Waals surface area contributed by atoms with Crippen LogP contribution in [0.1, 0.15) is 0 Å². The van der Waals surface area contributed by atoms with Gasteiger partial charge >= 0.3 is 6.03 Å². The zero-order valence-corrected chi connectivity index (χ0v) is 9.46. The van der Waals surface area contributed by atoms with Crippen LogP contribution in [0.3, 0.4) is 0 Å².